The van der Waals surface area contributed by atoms with Crippen LogP contribution in [0.3, 0.4) is 0 Å². The average Bonchev–Trinajstić information content (AvgIpc) is 2.75. The molecule has 3 nitrogen and oxygen atoms in total. The van der Waals surface area contributed by atoms with Crippen LogP contribution in [0, 0.1) is 0 Å². The average molecular weight is 314 g/mol. The van der Waals surface area contributed by atoms with Crippen molar-refractivity contribution in [2.45, 2.75) is 38.8 Å². The van der Waals surface area contributed by atoms with Gasteiger partial charge in [-0.1, -0.05) is 15.9 Å². The maximum Gasteiger partial charge on any atom is 0.127 e. The third-order valence-corrected chi connectivity index (χ3v) is 3.57. The number of hydrogen-bond donors (Lipinski definition) is 2. The van der Waals surface area contributed by atoms with Crippen molar-refractivity contribution in [2.75, 3.05) is 13.2 Å². The lowest BCUT2D eigenvalue weighted by molar-refractivity contribution is 0.181. The molecule has 0 aliphatic carbocycles. The summed E-state index contributed by atoms with van der Waals surface area (Å²) in [6.45, 7) is 4.36. The lowest BCUT2D eigenvalue weighted by Gasteiger charge is -2.10. The van der Waals surface area contributed by atoms with Crippen molar-refractivity contribution >= 4 is 15.9 Å². The van der Waals surface area contributed by atoms with Gasteiger partial charge in [0.1, 0.15) is 5.75 Å². The van der Waals surface area contributed by atoms with E-state index >= 15 is 0 Å². The van der Waals surface area contributed by atoms with Gasteiger partial charge in [-0.2, -0.15) is 0 Å². The lowest BCUT2D eigenvalue weighted by Crippen LogP contribution is -2.16. The predicted octanol–water partition coefficient (Wildman–Crippen LogP) is 2.63. The second kappa shape index (κ2) is 6.55. The Labute approximate surface area is 117 Å². The number of hydrogen-bond acceptors (Lipinski definition) is 3. The van der Waals surface area contributed by atoms with E-state index in [4.69, 9.17) is 4.74 Å². The minimum Gasteiger partial charge on any atom is -0.493 e. The van der Waals surface area contributed by atoms with Crippen LogP contribution in [0.4, 0.5) is 0 Å². The number of fused-ring (bicyclic) bond motifs is 1. The number of rotatable bonds is 6. The summed E-state index contributed by atoms with van der Waals surface area (Å²) in [4.78, 5) is 0. The fourth-order valence-corrected chi connectivity index (χ4v) is 2.78. The quantitative estimate of drug-likeness (QED) is 0.793. The second-order valence-corrected chi connectivity index (χ2v) is 5.74. The number of benzene rings is 1. The van der Waals surface area contributed by atoms with Crippen molar-refractivity contribution in [2.24, 2.45) is 0 Å². The minimum atomic E-state index is -0.203. The Balaban J connectivity index is 1.86. The summed E-state index contributed by atoms with van der Waals surface area (Å²) in [5.41, 5.74) is 2.51. The van der Waals surface area contributed by atoms with Crippen molar-refractivity contribution in [1.82, 2.24) is 5.32 Å². The standard InChI is InChI=1S/C14H20BrNO2/c1-10(17)3-2-5-16-9-12-8-13(15)7-11-4-6-18-14(11)12/h7-8,10,16-17H,2-6,9H2,1H3. The molecule has 1 aromatic carbocycles. The van der Waals surface area contributed by atoms with E-state index < -0.39 is 0 Å². The van der Waals surface area contributed by atoms with Gasteiger partial charge < -0.3 is 15.2 Å². The van der Waals surface area contributed by atoms with Gasteiger partial charge in [-0.15, -0.1) is 0 Å². The minimum absolute atomic E-state index is 0.203. The predicted molar refractivity (Wildman–Crippen MR) is 76.0 cm³/mol. The molecule has 0 spiro atoms. The van der Waals surface area contributed by atoms with E-state index in [2.05, 4.69) is 33.4 Å². The Bertz CT molecular complexity index is 407. The van der Waals surface area contributed by atoms with E-state index in [1.165, 1.54) is 11.1 Å². The molecule has 1 aliphatic rings. The Morgan fingerprint density at radius 1 is 1.50 bits per heavy atom. The zero-order valence-electron chi connectivity index (χ0n) is 10.7. The van der Waals surface area contributed by atoms with Crippen LogP contribution in [0.1, 0.15) is 30.9 Å². The molecule has 4 heteroatoms. The van der Waals surface area contributed by atoms with Gasteiger partial charge in [0, 0.05) is 23.0 Å². The lowest BCUT2D eigenvalue weighted by atomic mass is 10.1. The van der Waals surface area contributed by atoms with Gasteiger partial charge in [0.05, 0.1) is 12.7 Å². The van der Waals surface area contributed by atoms with Gasteiger partial charge >= 0.3 is 0 Å². The Morgan fingerprint density at radius 3 is 3.11 bits per heavy atom. The van der Waals surface area contributed by atoms with Crippen molar-refractivity contribution < 1.29 is 9.84 Å². The number of aliphatic hydroxyl groups is 1. The highest BCUT2D eigenvalue weighted by Crippen LogP contribution is 2.32. The molecule has 0 bridgehead atoms. The first kappa shape index (κ1) is 13.8. The fourth-order valence-electron chi connectivity index (χ4n) is 2.22. The molecule has 18 heavy (non-hydrogen) atoms. The van der Waals surface area contributed by atoms with Gasteiger partial charge in [0.15, 0.2) is 0 Å². The first-order valence-electron chi connectivity index (χ1n) is 6.49. The molecule has 2 rings (SSSR count). The monoisotopic (exact) mass is 313 g/mol. The molecule has 0 saturated carbocycles. The van der Waals surface area contributed by atoms with E-state index in [1.54, 1.807) is 0 Å². The third-order valence-electron chi connectivity index (χ3n) is 3.12. The Hall–Kier alpha value is -0.580. The molecule has 1 aliphatic heterocycles. The smallest absolute Gasteiger partial charge is 0.127 e. The maximum absolute atomic E-state index is 9.18. The van der Waals surface area contributed by atoms with Gasteiger partial charge in [0.2, 0.25) is 0 Å². The largest absolute Gasteiger partial charge is 0.493 e. The molecule has 1 atom stereocenters. The SMILES string of the molecule is CC(O)CCCNCc1cc(Br)cc2c1OCC2. The zero-order chi connectivity index (χ0) is 13.0. The maximum atomic E-state index is 9.18. The van der Waals surface area contributed by atoms with Crippen LogP contribution in [0.2, 0.25) is 0 Å². The number of nitrogens with one attached hydrogen (secondary N) is 1. The van der Waals surface area contributed by atoms with E-state index in [0.29, 0.717) is 0 Å². The highest BCUT2D eigenvalue weighted by atomic mass is 79.9. The van der Waals surface area contributed by atoms with Gasteiger partial charge in [-0.3, -0.25) is 0 Å². The summed E-state index contributed by atoms with van der Waals surface area (Å²) >= 11 is 3.54. The molecule has 1 heterocycles. The van der Waals surface area contributed by atoms with Crippen molar-refractivity contribution in [1.29, 1.82) is 0 Å². The molecule has 0 amide bonds. The first-order valence-corrected chi connectivity index (χ1v) is 7.29. The summed E-state index contributed by atoms with van der Waals surface area (Å²) in [5.74, 6) is 1.06. The molecule has 1 unspecified atom stereocenters. The van der Waals surface area contributed by atoms with E-state index in [9.17, 15) is 5.11 Å². The van der Waals surface area contributed by atoms with Crippen LogP contribution in [0.15, 0.2) is 16.6 Å². The van der Waals surface area contributed by atoms with Crippen LogP contribution >= 0.6 is 15.9 Å². The summed E-state index contributed by atoms with van der Waals surface area (Å²) in [7, 11) is 0. The first-order chi connectivity index (χ1) is 8.66. The third kappa shape index (κ3) is 3.70. The molecular formula is C14H20BrNO2. The van der Waals surface area contributed by atoms with E-state index in [1.807, 2.05) is 6.92 Å². The number of aliphatic hydroxyl groups excluding tert-OH is 1. The number of ether oxygens (including phenoxy) is 1. The Morgan fingerprint density at radius 2 is 2.33 bits per heavy atom. The van der Waals surface area contributed by atoms with Crippen LogP contribution in [-0.4, -0.2) is 24.4 Å². The van der Waals surface area contributed by atoms with Crippen molar-refractivity contribution in [3.63, 3.8) is 0 Å². The fraction of sp³-hybridized carbons (Fsp3) is 0.571. The van der Waals surface area contributed by atoms with Crippen LogP contribution in [0.5, 0.6) is 5.75 Å². The highest BCUT2D eigenvalue weighted by molar-refractivity contribution is 9.10. The molecule has 0 saturated heterocycles. The number of halogens is 1. The molecule has 1 aromatic rings. The summed E-state index contributed by atoms with van der Waals surface area (Å²) in [5, 5.41) is 12.6. The molecule has 0 radical (unpaired) electrons. The van der Waals surface area contributed by atoms with E-state index in [-0.39, 0.29) is 6.10 Å². The summed E-state index contributed by atoms with van der Waals surface area (Å²) in [6, 6.07) is 4.26. The van der Waals surface area contributed by atoms with E-state index in [0.717, 1.165) is 49.2 Å². The normalized spacial score (nSPS) is 15.3. The Kier molecular flexibility index (Phi) is 5.03. The zero-order valence-corrected chi connectivity index (χ0v) is 12.3. The van der Waals surface area contributed by atoms with Crippen LogP contribution < -0.4 is 10.1 Å². The van der Waals surface area contributed by atoms with Gasteiger partial charge in [-0.05, 0) is 44.0 Å². The second-order valence-electron chi connectivity index (χ2n) is 4.82. The van der Waals surface area contributed by atoms with Gasteiger partial charge in [0.25, 0.3) is 0 Å². The van der Waals surface area contributed by atoms with Crippen molar-refractivity contribution in [3.05, 3.63) is 27.7 Å². The topological polar surface area (TPSA) is 41.5 Å². The summed E-state index contributed by atoms with van der Waals surface area (Å²) in [6.07, 6.45) is 2.64. The molecular weight excluding hydrogens is 294 g/mol. The molecule has 2 N–H and O–H groups in total. The highest BCUT2D eigenvalue weighted by Gasteiger charge is 2.16. The summed E-state index contributed by atoms with van der Waals surface area (Å²) < 4.78 is 6.80. The van der Waals surface area contributed by atoms with Crippen LogP contribution in [0.25, 0.3) is 0 Å². The molecule has 0 aromatic heterocycles. The van der Waals surface area contributed by atoms with Crippen LogP contribution in [-0.2, 0) is 13.0 Å². The molecule has 100 valence electrons. The van der Waals surface area contributed by atoms with Gasteiger partial charge in [-0.25, -0.2) is 0 Å². The molecule has 0 fully saturated rings. The van der Waals surface area contributed by atoms with Crippen molar-refractivity contribution in [3.8, 4) is 5.75 Å².